The molecule has 0 unspecified atom stereocenters. The van der Waals surface area contributed by atoms with Crippen LogP contribution in [-0.2, 0) is 6.42 Å². The Morgan fingerprint density at radius 3 is 2.00 bits per heavy atom. The number of aryl methyl sites for hydroxylation is 1. The molecule has 1 radical (unpaired) electrons. The summed E-state index contributed by atoms with van der Waals surface area (Å²) in [6.07, 6.45) is 4.50. The molecular weight excluding hydrogens is 256 g/mol. The third-order valence-electron chi connectivity index (χ3n) is 2.94. The first-order valence-corrected chi connectivity index (χ1v) is 6.97. The fourth-order valence-corrected chi connectivity index (χ4v) is 1.99. The summed E-state index contributed by atoms with van der Waals surface area (Å²) >= 11 is 5.84. The van der Waals surface area contributed by atoms with Gasteiger partial charge in [0, 0.05) is 5.02 Å². The molecular formula is C17H18ClO. The van der Waals surface area contributed by atoms with Gasteiger partial charge in [0.25, 0.3) is 0 Å². The molecule has 2 aromatic carbocycles. The zero-order valence-electron chi connectivity index (χ0n) is 10.9. The number of ether oxygens (including phenoxy) is 1. The molecule has 0 amide bonds. The molecule has 0 N–H and O–H groups in total. The van der Waals surface area contributed by atoms with E-state index in [1.54, 1.807) is 0 Å². The average Bonchev–Trinajstić information content (AvgIpc) is 2.44. The molecule has 19 heavy (non-hydrogen) atoms. The molecule has 0 aromatic heterocycles. The van der Waals surface area contributed by atoms with Crippen LogP contribution in [-0.4, -0.2) is 0 Å². The van der Waals surface area contributed by atoms with Gasteiger partial charge in [-0.05, 0) is 54.8 Å². The molecule has 1 nitrogen and oxygen atoms in total. The highest BCUT2D eigenvalue weighted by atomic mass is 35.5. The van der Waals surface area contributed by atoms with E-state index in [0.717, 1.165) is 24.3 Å². The lowest BCUT2D eigenvalue weighted by molar-refractivity contribution is 0.482. The zero-order chi connectivity index (χ0) is 13.5. The molecule has 0 heterocycles. The van der Waals surface area contributed by atoms with E-state index in [-0.39, 0.29) is 0 Å². The lowest BCUT2D eigenvalue weighted by Crippen LogP contribution is -1.87. The second-order valence-electron chi connectivity index (χ2n) is 4.51. The van der Waals surface area contributed by atoms with E-state index in [9.17, 15) is 0 Å². The van der Waals surface area contributed by atoms with E-state index in [1.807, 2.05) is 36.4 Å². The van der Waals surface area contributed by atoms with Crippen LogP contribution in [0.25, 0.3) is 0 Å². The van der Waals surface area contributed by atoms with Crippen LogP contribution < -0.4 is 4.74 Å². The van der Waals surface area contributed by atoms with E-state index >= 15 is 0 Å². The Morgan fingerprint density at radius 2 is 1.42 bits per heavy atom. The normalized spacial score (nSPS) is 10.4. The van der Waals surface area contributed by atoms with Crippen molar-refractivity contribution in [3.8, 4) is 11.5 Å². The van der Waals surface area contributed by atoms with Crippen molar-refractivity contribution in [2.45, 2.75) is 25.7 Å². The predicted molar refractivity (Wildman–Crippen MR) is 80.9 cm³/mol. The number of hydrogen-bond donors (Lipinski definition) is 0. The summed E-state index contributed by atoms with van der Waals surface area (Å²) in [5, 5.41) is 0.716. The number of halogens is 1. The summed E-state index contributed by atoms with van der Waals surface area (Å²) in [4.78, 5) is 0. The largest absolute Gasteiger partial charge is 0.457 e. The van der Waals surface area contributed by atoms with Crippen LogP contribution >= 0.6 is 11.6 Å². The number of benzene rings is 2. The minimum absolute atomic E-state index is 0.716. The Hall–Kier alpha value is -1.47. The molecule has 0 atom stereocenters. The monoisotopic (exact) mass is 273 g/mol. The van der Waals surface area contributed by atoms with Gasteiger partial charge in [0.15, 0.2) is 0 Å². The molecule has 0 aliphatic carbocycles. The lowest BCUT2D eigenvalue weighted by atomic mass is 10.1. The van der Waals surface area contributed by atoms with Crippen molar-refractivity contribution < 1.29 is 4.74 Å². The maximum Gasteiger partial charge on any atom is 0.127 e. The van der Waals surface area contributed by atoms with Gasteiger partial charge < -0.3 is 4.74 Å². The summed E-state index contributed by atoms with van der Waals surface area (Å²) in [5.74, 6) is 1.65. The fourth-order valence-electron chi connectivity index (χ4n) is 1.87. The van der Waals surface area contributed by atoms with Crippen LogP contribution in [0.2, 0.25) is 5.02 Å². The van der Waals surface area contributed by atoms with Crippen molar-refractivity contribution in [2.24, 2.45) is 0 Å². The first-order chi connectivity index (χ1) is 9.28. The van der Waals surface area contributed by atoms with Gasteiger partial charge in [0.05, 0.1) is 0 Å². The third kappa shape index (κ3) is 4.60. The molecule has 2 aromatic rings. The van der Waals surface area contributed by atoms with Gasteiger partial charge in [0.1, 0.15) is 11.5 Å². The molecule has 0 saturated heterocycles. The Kier molecular flexibility index (Phi) is 5.29. The van der Waals surface area contributed by atoms with Crippen LogP contribution in [0.4, 0.5) is 0 Å². The summed E-state index contributed by atoms with van der Waals surface area (Å²) in [6.45, 7) is 3.85. The van der Waals surface area contributed by atoms with Gasteiger partial charge in [0.2, 0.25) is 0 Å². The maximum atomic E-state index is 5.84. The van der Waals surface area contributed by atoms with Crippen molar-refractivity contribution in [1.29, 1.82) is 0 Å². The molecule has 0 aliphatic heterocycles. The molecule has 0 fully saturated rings. The third-order valence-corrected chi connectivity index (χ3v) is 3.19. The van der Waals surface area contributed by atoms with Crippen LogP contribution in [0.1, 0.15) is 24.8 Å². The summed E-state index contributed by atoms with van der Waals surface area (Å²) in [6, 6.07) is 15.6. The van der Waals surface area contributed by atoms with E-state index in [0.29, 0.717) is 5.02 Å². The molecule has 2 rings (SSSR count). The summed E-state index contributed by atoms with van der Waals surface area (Å²) in [7, 11) is 0. The van der Waals surface area contributed by atoms with Crippen LogP contribution in [0.15, 0.2) is 48.5 Å². The molecule has 0 aliphatic rings. The van der Waals surface area contributed by atoms with E-state index in [1.165, 1.54) is 18.4 Å². The number of hydrogen-bond acceptors (Lipinski definition) is 1. The van der Waals surface area contributed by atoms with E-state index in [2.05, 4.69) is 19.1 Å². The Morgan fingerprint density at radius 1 is 0.842 bits per heavy atom. The van der Waals surface area contributed by atoms with Crippen LogP contribution in [0.3, 0.4) is 0 Å². The highest BCUT2D eigenvalue weighted by Gasteiger charge is 1.98. The number of rotatable bonds is 6. The predicted octanol–water partition coefficient (Wildman–Crippen LogP) is 5.68. The molecule has 0 spiro atoms. The molecule has 0 saturated carbocycles. The highest BCUT2D eigenvalue weighted by molar-refractivity contribution is 6.30. The molecule has 0 bridgehead atoms. The Balaban J connectivity index is 1.92. The van der Waals surface area contributed by atoms with Crippen molar-refractivity contribution in [3.63, 3.8) is 0 Å². The minimum atomic E-state index is 0.716. The molecule has 99 valence electrons. The smallest absolute Gasteiger partial charge is 0.127 e. The quantitative estimate of drug-likeness (QED) is 0.615. The van der Waals surface area contributed by atoms with Crippen LogP contribution in [0.5, 0.6) is 11.5 Å². The lowest BCUT2D eigenvalue weighted by Gasteiger charge is -2.07. The van der Waals surface area contributed by atoms with Crippen LogP contribution in [0, 0.1) is 6.92 Å². The Bertz CT molecular complexity index is 488. The zero-order valence-corrected chi connectivity index (χ0v) is 11.7. The number of unbranched alkanes of at least 4 members (excludes halogenated alkanes) is 2. The molecule has 2 heteroatoms. The first-order valence-electron chi connectivity index (χ1n) is 6.59. The second-order valence-corrected chi connectivity index (χ2v) is 4.95. The van der Waals surface area contributed by atoms with Gasteiger partial charge in [-0.3, -0.25) is 0 Å². The summed E-state index contributed by atoms with van der Waals surface area (Å²) in [5.41, 5.74) is 1.34. The first kappa shape index (κ1) is 14.0. The Labute approximate surface area is 120 Å². The minimum Gasteiger partial charge on any atom is -0.457 e. The van der Waals surface area contributed by atoms with E-state index < -0.39 is 0 Å². The second kappa shape index (κ2) is 7.20. The van der Waals surface area contributed by atoms with Crippen molar-refractivity contribution in [3.05, 3.63) is 66.0 Å². The topological polar surface area (TPSA) is 9.23 Å². The van der Waals surface area contributed by atoms with Gasteiger partial charge >= 0.3 is 0 Å². The summed E-state index contributed by atoms with van der Waals surface area (Å²) < 4.78 is 5.75. The van der Waals surface area contributed by atoms with Gasteiger partial charge in [-0.15, -0.1) is 0 Å². The standard InChI is InChI=1S/C17H18ClO/c1-2-3-4-5-14-6-10-16(11-7-14)19-17-12-8-15(18)9-13-17/h6-13H,1-5H2. The highest BCUT2D eigenvalue weighted by Crippen LogP contribution is 2.23. The van der Waals surface area contributed by atoms with Gasteiger partial charge in [-0.2, -0.15) is 0 Å². The van der Waals surface area contributed by atoms with Crippen molar-refractivity contribution in [2.75, 3.05) is 0 Å². The van der Waals surface area contributed by atoms with Gasteiger partial charge in [-0.1, -0.05) is 43.5 Å². The maximum absolute atomic E-state index is 5.84. The van der Waals surface area contributed by atoms with Gasteiger partial charge in [-0.25, -0.2) is 0 Å². The SMILES string of the molecule is [CH2]CCCCc1ccc(Oc2ccc(Cl)cc2)cc1. The van der Waals surface area contributed by atoms with Crippen molar-refractivity contribution in [1.82, 2.24) is 0 Å². The van der Waals surface area contributed by atoms with E-state index in [4.69, 9.17) is 16.3 Å². The van der Waals surface area contributed by atoms with Crippen molar-refractivity contribution >= 4 is 11.6 Å². The fraction of sp³-hybridized carbons (Fsp3) is 0.235. The average molecular weight is 274 g/mol.